The fourth-order valence-electron chi connectivity index (χ4n) is 3.36. The van der Waals surface area contributed by atoms with Crippen molar-refractivity contribution >= 4 is 34.2 Å². The summed E-state index contributed by atoms with van der Waals surface area (Å²) in [7, 11) is 0. The van der Waals surface area contributed by atoms with Gasteiger partial charge in [-0.15, -0.1) is 0 Å². The second kappa shape index (κ2) is 8.62. The third-order valence-corrected chi connectivity index (χ3v) is 4.72. The van der Waals surface area contributed by atoms with Crippen molar-refractivity contribution in [3.63, 3.8) is 0 Å². The Morgan fingerprint density at radius 1 is 0.903 bits per heavy atom. The number of nitrogens with one attached hydrogen (secondary N) is 2. The van der Waals surface area contributed by atoms with Gasteiger partial charge in [0.05, 0.1) is 6.54 Å². The maximum atomic E-state index is 13.2. The van der Waals surface area contributed by atoms with Crippen LogP contribution in [0.4, 0.5) is 11.4 Å². The van der Waals surface area contributed by atoms with E-state index >= 15 is 0 Å². The Balaban J connectivity index is 1.72. The van der Waals surface area contributed by atoms with Crippen molar-refractivity contribution in [1.29, 1.82) is 0 Å². The average Bonchev–Trinajstić information content (AvgIpc) is 2.76. The number of benzene rings is 2. The predicted octanol–water partition coefficient (Wildman–Crippen LogP) is 3.66. The predicted molar refractivity (Wildman–Crippen MR) is 120 cm³/mol. The smallest absolute Gasteiger partial charge is 0.265 e. The highest BCUT2D eigenvalue weighted by Crippen LogP contribution is 2.17. The van der Waals surface area contributed by atoms with Crippen LogP contribution in [0.5, 0.6) is 0 Å². The van der Waals surface area contributed by atoms with Gasteiger partial charge in [0.2, 0.25) is 5.91 Å². The van der Waals surface area contributed by atoms with Gasteiger partial charge in [-0.25, -0.2) is 4.98 Å². The van der Waals surface area contributed by atoms with Crippen LogP contribution in [0, 0.1) is 0 Å². The molecule has 0 aliphatic heterocycles. The van der Waals surface area contributed by atoms with Gasteiger partial charge >= 0.3 is 0 Å². The van der Waals surface area contributed by atoms with E-state index in [0.717, 1.165) is 5.56 Å². The molecule has 0 fully saturated rings. The summed E-state index contributed by atoms with van der Waals surface area (Å²) in [4.78, 5) is 41.9. The van der Waals surface area contributed by atoms with Crippen molar-refractivity contribution in [3.05, 3.63) is 100 Å². The fraction of sp³-hybridized carbons (Fsp3) is 0.0833. The van der Waals surface area contributed by atoms with E-state index in [1.165, 1.54) is 11.5 Å². The van der Waals surface area contributed by atoms with Crippen LogP contribution in [0.15, 0.2) is 83.8 Å². The number of fused-ring (bicyclic) bond motifs is 1. The number of aromatic nitrogens is 2. The van der Waals surface area contributed by atoms with E-state index in [0.29, 0.717) is 29.0 Å². The lowest BCUT2D eigenvalue weighted by atomic mass is 10.1. The van der Waals surface area contributed by atoms with E-state index in [9.17, 15) is 14.4 Å². The van der Waals surface area contributed by atoms with Gasteiger partial charge in [-0.2, -0.15) is 0 Å². The van der Waals surface area contributed by atoms with Gasteiger partial charge in [-0.1, -0.05) is 36.4 Å². The van der Waals surface area contributed by atoms with Gasteiger partial charge in [0, 0.05) is 29.9 Å². The zero-order chi connectivity index (χ0) is 21.8. The Kier molecular flexibility index (Phi) is 5.57. The Morgan fingerprint density at radius 2 is 1.65 bits per heavy atom. The lowest BCUT2D eigenvalue weighted by Crippen LogP contribution is -2.30. The van der Waals surface area contributed by atoms with E-state index in [1.54, 1.807) is 42.6 Å². The zero-order valence-corrected chi connectivity index (χ0v) is 16.8. The first-order valence-corrected chi connectivity index (χ1v) is 9.73. The van der Waals surface area contributed by atoms with Gasteiger partial charge in [0.15, 0.2) is 0 Å². The molecular formula is C24H20N4O3. The summed E-state index contributed by atoms with van der Waals surface area (Å²) in [5, 5.41) is 6.10. The van der Waals surface area contributed by atoms with Crippen molar-refractivity contribution in [2.45, 2.75) is 13.5 Å². The molecule has 4 aromatic rings. The lowest BCUT2D eigenvalue weighted by molar-refractivity contribution is -0.114. The number of carbonyl (C=O) groups excluding carboxylic acids is 2. The second-order valence-corrected chi connectivity index (χ2v) is 7.07. The normalized spacial score (nSPS) is 10.6. The Bertz CT molecular complexity index is 1330. The molecule has 2 aromatic heterocycles. The number of carbonyl (C=O) groups is 2. The van der Waals surface area contributed by atoms with Crippen LogP contribution >= 0.6 is 0 Å². The summed E-state index contributed by atoms with van der Waals surface area (Å²) in [5.41, 5.74) is 2.05. The highest BCUT2D eigenvalue weighted by molar-refractivity contribution is 6.06. The first kappa shape index (κ1) is 20.0. The first-order valence-electron chi connectivity index (χ1n) is 9.73. The van der Waals surface area contributed by atoms with E-state index in [-0.39, 0.29) is 11.5 Å². The van der Waals surface area contributed by atoms with Gasteiger partial charge in [-0.3, -0.25) is 19.0 Å². The average molecular weight is 412 g/mol. The quantitative estimate of drug-likeness (QED) is 0.523. The molecule has 4 rings (SSSR count). The molecule has 7 heteroatoms. The van der Waals surface area contributed by atoms with Crippen LogP contribution in [0.2, 0.25) is 0 Å². The Labute approximate surface area is 178 Å². The van der Waals surface area contributed by atoms with Crippen LogP contribution in [0.1, 0.15) is 22.8 Å². The maximum Gasteiger partial charge on any atom is 0.265 e. The van der Waals surface area contributed by atoms with Crippen LogP contribution in [0.3, 0.4) is 0 Å². The number of hydrogen-bond acceptors (Lipinski definition) is 4. The summed E-state index contributed by atoms with van der Waals surface area (Å²) in [6.45, 7) is 1.70. The lowest BCUT2D eigenvalue weighted by Gasteiger charge is -2.13. The molecule has 0 saturated heterocycles. The minimum atomic E-state index is -0.530. The third kappa shape index (κ3) is 4.51. The Hall–Kier alpha value is -4.26. The molecule has 0 bridgehead atoms. The molecule has 154 valence electrons. The summed E-state index contributed by atoms with van der Waals surface area (Å²) >= 11 is 0. The topological polar surface area (TPSA) is 93.1 Å². The highest BCUT2D eigenvalue weighted by atomic mass is 16.2. The number of hydrogen-bond donors (Lipinski definition) is 2. The third-order valence-electron chi connectivity index (χ3n) is 4.72. The van der Waals surface area contributed by atoms with Crippen molar-refractivity contribution in [1.82, 2.24) is 9.55 Å². The van der Waals surface area contributed by atoms with Crippen LogP contribution in [-0.4, -0.2) is 21.4 Å². The van der Waals surface area contributed by atoms with Crippen molar-refractivity contribution in [2.24, 2.45) is 0 Å². The van der Waals surface area contributed by atoms with Crippen LogP contribution in [0.25, 0.3) is 11.0 Å². The molecule has 0 aliphatic carbocycles. The largest absolute Gasteiger partial charge is 0.326 e. The second-order valence-electron chi connectivity index (χ2n) is 7.07. The standard InChI is InChI=1S/C24H20N4O3/c1-16(29)26-19-10-5-11-20(14-19)27-23(30)21-13-18-9-6-12-25-22(18)28(24(21)31)15-17-7-3-2-4-8-17/h2-14H,15H2,1H3,(H,26,29)(H,27,30). The number of rotatable bonds is 5. The number of amides is 2. The molecule has 2 aromatic carbocycles. The number of anilines is 2. The van der Waals surface area contributed by atoms with Gasteiger partial charge in [0.1, 0.15) is 11.2 Å². The van der Waals surface area contributed by atoms with E-state index in [4.69, 9.17) is 0 Å². The molecule has 2 N–H and O–H groups in total. The van der Waals surface area contributed by atoms with E-state index < -0.39 is 11.5 Å². The Morgan fingerprint density at radius 3 is 2.39 bits per heavy atom. The molecule has 0 radical (unpaired) electrons. The van der Waals surface area contributed by atoms with Gasteiger partial charge < -0.3 is 10.6 Å². The molecule has 0 spiro atoms. The molecule has 0 saturated carbocycles. The molecule has 7 nitrogen and oxygen atoms in total. The highest BCUT2D eigenvalue weighted by Gasteiger charge is 2.17. The number of pyridine rings is 2. The molecule has 2 amide bonds. The van der Waals surface area contributed by atoms with Crippen molar-refractivity contribution < 1.29 is 9.59 Å². The molecular weight excluding hydrogens is 392 g/mol. The maximum absolute atomic E-state index is 13.2. The molecule has 0 aliphatic rings. The first-order chi connectivity index (χ1) is 15.0. The zero-order valence-electron chi connectivity index (χ0n) is 16.8. The van der Waals surface area contributed by atoms with Crippen molar-refractivity contribution in [2.75, 3.05) is 10.6 Å². The summed E-state index contributed by atoms with van der Waals surface area (Å²) in [6, 6.07) is 21.4. The summed E-state index contributed by atoms with van der Waals surface area (Å²) in [6.07, 6.45) is 1.62. The molecule has 2 heterocycles. The summed E-state index contributed by atoms with van der Waals surface area (Å²) < 4.78 is 1.51. The van der Waals surface area contributed by atoms with Gasteiger partial charge in [-0.05, 0) is 42.0 Å². The fourth-order valence-corrected chi connectivity index (χ4v) is 3.36. The molecule has 0 atom stereocenters. The molecule has 0 unspecified atom stereocenters. The SMILES string of the molecule is CC(=O)Nc1cccc(NC(=O)c2cc3cccnc3n(Cc3ccccc3)c2=O)c1. The number of nitrogens with zero attached hydrogens (tertiary/aromatic N) is 2. The summed E-state index contributed by atoms with van der Waals surface area (Å²) in [5.74, 6) is -0.744. The molecule has 31 heavy (non-hydrogen) atoms. The van der Waals surface area contributed by atoms with Gasteiger partial charge in [0.25, 0.3) is 11.5 Å². The monoisotopic (exact) mass is 412 g/mol. The van der Waals surface area contributed by atoms with E-state index in [1.807, 2.05) is 36.4 Å². The minimum Gasteiger partial charge on any atom is -0.326 e. The minimum absolute atomic E-state index is 0.0151. The van der Waals surface area contributed by atoms with Crippen LogP contribution < -0.4 is 16.2 Å². The van der Waals surface area contributed by atoms with Crippen LogP contribution in [-0.2, 0) is 11.3 Å². The van der Waals surface area contributed by atoms with Crippen molar-refractivity contribution in [3.8, 4) is 0 Å². The van der Waals surface area contributed by atoms with E-state index in [2.05, 4.69) is 15.6 Å².